The van der Waals surface area contributed by atoms with Gasteiger partial charge in [-0.05, 0) is 37.0 Å². The SMILES string of the molecule is N[C@H](CNc1nc(-c2ccncc2)nc2c(C#CC3(O)CC3)csc12)Cc1ccccc1. The number of nitrogens with one attached hydrogen (secondary N) is 1. The molecule has 1 fully saturated rings. The zero-order valence-corrected chi connectivity index (χ0v) is 18.3. The van der Waals surface area contributed by atoms with Crippen LogP contribution in [-0.4, -0.2) is 38.2 Å². The molecule has 0 amide bonds. The van der Waals surface area contributed by atoms with Crippen molar-refractivity contribution in [1.29, 1.82) is 0 Å². The summed E-state index contributed by atoms with van der Waals surface area (Å²) in [4.78, 5) is 13.7. The van der Waals surface area contributed by atoms with E-state index >= 15 is 0 Å². The first-order valence-electron chi connectivity index (χ1n) is 10.6. The lowest BCUT2D eigenvalue weighted by Crippen LogP contribution is -2.31. The second kappa shape index (κ2) is 8.67. The first-order chi connectivity index (χ1) is 15.6. The van der Waals surface area contributed by atoms with Crippen LogP contribution >= 0.6 is 11.3 Å². The molecule has 3 aromatic heterocycles. The largest absolute Gasteiger partial charge is 0.378 e. The van der Waals surface area contributed by atoms with Gasteiger partial charge in [0.05, 0.1) is 10.3 Å². The maximum absolute atomic E-state index is 10.1. The molecule has 0 spiro atoms. The number of thiophene rings is 1. The molecule has 3 heterocycles. The highest BCUT2D eigenvalue weighted by Gasteiger charge is 2.38. The normalized spacial score (nSPS) is 15.1. The molecule has 4 N–H and O–H groups in total. The number of hydrogen-bond donors (Lipinski definition) is 3. The Hall–Kier alpha value is -3.31. The third kappa shape index (κ3) is 4.63. The van der Waals surface area contributed by atoms with Gasteiger partial charge in [0, 0.05) is 35.9 Å². The molecule has 1 atom stereocenters. The summed E-state index contributed by atoms with van der Waals surface area (Å²) >= 11 is 1.55. The number of pyridine rings is 1. The average Bonchev–Trinajstić information content (AvgIpc) is 3.42. The van der Waals surface area contributed by atoms with Crippen LogP contribution in [0.25, 0.3) is 21.6 Å². The number of nitrogens with two attached hydrogens (primary N) is 1. The Morgan fingerprint density at radius 3 is 2.66 bits per heavy atom. The summed E-state index contributed by atoms with van der Waals surface area (Å²) in [6.45, 7) is 0.579. The molecule has 7 heteroatoms. The second-order valence-corrected chi connectivity index (χ2v) is 8.95. The number of aromatic nitrogens is 3. The maximum Gasteiger partial charge on any atom is 0.162 e. The fourth-order valence-electron chi connectivity index (χ4n) is 3.40. The lowest BCUT2D eigenvalue weighted by Gasteiger charge is -2.14. The summed E-state index contributed by atoms with van der Waals surface area (Å²) in [6.07, 6.45) is 5.68. The van der Waals surface area contributed by atoms with Gasteiger partial charge in [0.1, 0.15) is 16.9 Å². The van der Waals surface area contributed by atoms with Gasteiger partial charge in [-0.2, -0.15) is 0 Å². The highest BCUT2D eigenvalue weighted by molar-refractivity contribution is 7.18. The Labute approximate surface area is 190 Å². The van der Waals surface area contributed by atoms with Crippen molar-refractivity contribution in [2.75, 3.05) is 11.9 Å². The lowest BCUT2D eigenvalue weighted by atomic mass is 10.1. The summed E-state index contributed by atoms with van der Waals surface area (Å²) in [5.74, 6) is 7.46. The number of nitrogens with zero attached hydrogens (tertiary/aromatic N) is 3. The van der Waals surface area contributed by atoms with E-state index in [1.807, 2.05) is 35.7 Å². The van der Waals surface area contributed by atoms with Crippen LogP contribution in [-0.2, 0) is 6.42 Å². The van der Waals surface area contributed by atoms with Crippen molar-refractivity contribution in [2.45, 2.75) is 30.9 Å². The summed E-state index contributed by atoms with van der Waals surface area (Å²) in [6, 6.07) is 13.9. The van der Waals surface area contributed by atoms with Gasteiger partial charge in [0.15, 0.2) is 5.82 Å². The van der Waals surface area contributed by atoms with Gasteiger partial charge in [-0.3, -0.25) is 4.98 Å². The zero-order chi connectivity index (χ0) is 22.0. The Balaban J connectivity index is 1.46. The summed E-state index contributed by atoms with van der Waals surface area (Å²) < 4.78 is 0.932. The molecule has 0 unspecified atom stereocenters. The van der Waals surface area contributed by atoms with Gasteiger partial charge in [-0.25, -0.2) is 9.97 Å². The van der Waals surface area contributed by atoms with Crippen molar-refractivity contribution in [3.8, 4) is 23.2 Å². The van der Waals surface area contributed by atoms with Crippen LogP contribution < -0.4 is 11.1 Å². The Bertz CT molecular complexity index is 1290. The fraction of sp³-hybridized carbons (Fsp3) is 0.240. The van der Waals surface area contributed by atoms with Crippen molar-refractivity contribution in [3.63, 3.8) is 0 Å². The zero-order valence-electron chi connectivity index (χ0n) is 17.5. The predicted octanol–water partition coefficient (Wildman–Crippen LogP) is 3.61. The van der Waals surface area contributed by atoms with Crippen molar-refractivity contribution >= 4 is 27.4 Å². The Morgan fingerprint density at radius 1 is 1.12 bits per heavy atom. The average molecular weight is 442 g/mol. The second-order valence-electron chi connectivity index (χ2n) is 8.07. The van der Waals surface area contributed by atoms with Gasteiger partial charge in [0.2, 0.25) is 0 Å². The minimum atomic E-state index is -0.833. The molecule has 0 aliphatic heterocycles. The van der Waals surface area contributed by atoms with Crippen molar-refractivity contribution < 1.29 is 5.11 Å². The van der Waals surface area contributed by atoms with Crippen molar-refractivity contribution in [1.82, 2.24) is 15.0 Å². The maximum atomic E-state index is 10.1. The molecular weight excluding hydrogens is 418 g/mol. The van der Waals surface area contributed by atoms with E-state index in [4.69, 9.17) is 15.7 Å². The van der Waals surface area contributed by atoms with Gasteiger partial charge in [0.25, 0.3) is 0 Å². The van der Waals surface area contributed by atoms with Crippen LogP contribution in [0, 0.1) is 11.8 Å². The first-order valence-corrected chi connectivity index (χ1v) is 11.5. The quantitative estimate of drug-likeness (QED) is 0.396. The molecule has 1 saturated carbocycles. The van der Waals surface area contributed by atoms with E-state index in [0.29, 0.717) is 12.4 Å². The van der Waals surface area contributed by atoms with Gasteiger partial charge in [-0.1, -0.05) is 42.2 Å². The molecule has 6 nitrogen and oxygen atoms in total. The Kier molecular flexibility index (Phi) is 5.58. The van der Waals surface area contributed by atoms with Crippen molar-refractivity contribution in [3.05, 3.63) is 71.4 Å². The summed E-state index contributed by atoms with van der Waals surface area (Å²) in [5, 5.41) is 15.5. The van der Waals surface area contributed by atoms with Gasteiger partial charge < -0.3 is 16.2 Å². The molecule has 5 rings (SSSR count). The molecule has 32 heavy (non-hydrogen) atoms. The highest BCUT2D eigenvalue weighted by atomic mass is 32.1. The van der Waals surface area contributed by atoms with E-state index in [1.54, 1.807) is 23.7 Å². The summed E-state index contributed by atoms with van der Waals surface area (Å²) in [7, 11) is 0. The topological polar surface area (TPSA) is 97.0 Å². The fourth-order valence-corrected chi connectivity index (χ4v) is 4.30. The lowest BCUT2D eigenvalue weighted by molar-refractivity contribution is 0.212. The minimum absolute atomic E-state index is 0.0601. The molecule has 160 valence electrons. The molecule has 0 radical (unpaired) electrons. The molecule has 1 aliphatic carbocycles. The predicted molar refractivity (Wildman–Crippen MR) is 128 cm³/mol. The van der Waals surface area contributed by atoms with E-state index in [0.717, 1.165) is 46.4 Å². The van der Waals surface area contributed by atoms with E-state index < -0.39 is 5.60 Å². The highest BCUT2D eigenvalue weighted by Crippen LogP contribution is 2.35. The monoisotopic (exact) mass is 441 g/mol. The smallest absolute Gasteiger partial charge is 0.162 e. The first kappa shape index (κ1) is 20.6. The number of fused-ring (bicyclic) bond motifs is 1. The van der Waals surface area contributed by atoms with Crippen LogP contribution in [0.15, 0.2) is 60.2 Å². The van der Waals surface area contributed by atoms with Crippen LogP contribution in [0.4, 0.5) is 5.82 Å². The molecule has 1 aliphatic rings. The summed E-state index contributed by atoms with van der Waals surface area (Å²) in [5.41, 5.74) is 9.24. The third-order valence-electron chi connectivity index (χ3n) is 5.38. The number of anilines is 1. The number of benzene rings is 1. The molecule has 0 bridgehead atoms. The number of rotatable bonds is 6. The van der Waals surface area contributed by atoms with Gasteiger partial charge in [-0.15, -0.1) is 11.3 Å². The van der Waals surface area contributed by atoms with E-state index in [9.17, 15) is 5.11 Å². The van der Waals surface area contributed by atoms with E-state index in [1.165, 1.54) is 5.56 Å². The van der Waals surface area contributed by atoms with Crippen molar-refractivity contribution in [2.24, 2.45) is 5.73 Å². The van der Waals surface area contributed by atoms with Crippen LogP contribution in [0.5, 0.6) is 0 Å². The molecule has 0 saturated heterocycles. The number of aliphatic hydroxyl groups is 1. The van der Waals surface area contributed by atoms with E-state index in [-0.39, 0.29) is 6.04 Å². The van der Waals surface area contributed by atoms with Crippen LogP contribution in [0.3, 0.4) is 0 Å². The number of hydrogen-bond acceptors (Lipinski definition) is 7. The molecule has 4 aromatic rings. The minimum Gasteiger partial charge on any atom is -0.378 e. The molecule has 1 aromatic carbocycles. The van der Waals surface area contributed by atoms with Crippen LogP contribution in [0.1, 0.15) is 24.0 Å². The van der Waals surface area contributed by atoms with E-state index in [2.05, 4.69) is 34.3 Å². The molecular formula is C25H23N5OS. The van der Waals surface area contributed by atoms with Gasteiger partial charge >= 0.3 is 0 Å². The van der Waals surface area contributed by atoms with Crippen LogP contribution in [0.2, 0.25) is 0 Å². The standard InChI is InChI=1S/C25H23N5OS/c26-20(14-17-4-2-1-3-5-17)15-28-24-22-21(19(16-32-22)6-9-25(31)10-11-25)29-23(30-24)18-7-12-27-13-8-18/h1-5,7-8,12-13,16,20,31H,10-11,14-15,26H2,(H,28,29,30)/t20-/m0/s1. The third-order valence-corrected chi connectivity index (χ3v) is 6.36. The Morgan fingerprint density at radius 2 is 1.91 bits per heavy atom.